The van der Waals surface area contributed by atoms with Crippen LogP contribution in [0.15, 0.2) is 0 Å². The van der Waals surface area contributed by atoms with Crippen LogP contribution in [0.2, 0.25) is 0 Å². The summed E-state index contributed by atoms with van der Waals surface area (Å²) in [5.41, 5.74) is 0. The Morgan fingerprint density at radius 2 is 2.60 bits per heavy atom. The van der Waals surface area contributed by atoms with E-state index in [9.17, 15) is 10.0 Å². The average molecular weight is 144 g/mol. The van der Waals surface area contributed by atoms with Gasteiger partial charge in [-0.15, -0.1) is 0 Å². The third-order valence-corrected chi connectivity index (χ3v) is 1.72. The number of hydrogen-bond acceptors (Lipinski definition) is 4. The van der Waals surface area contributed by atoms with Gasteiger partial charge in [-0.2, -0.15) is 0 Å². The number of rotatable bonds is 2. The summed E-state index contributed by atoms with van der Waals surface area (Å²) < 4.78 is 4.40. The van der Waals surface area contributed by atoms with E-state index < -0.39 is 0 Å². The van der Waals surface area contributed by atoms with Crippen molar-refractivity contribution in [2.45, 2.75) is 18.9 Å². The molecule has 0 N–H and O–H groups in total. The molecule has 1 heterocycles. The van der Waals surface area contributed by atoms with Gasteiger partial charge in [-0.05, 0) is 13.0 Å². The van der Waals surface area contributed by atoms with Gasteiger partial charge in [0.2, 0.25) is 0 Å². The summed E-state index contributed by atoms with van der Waals surface area (Å²) >= 11 is 0. The Hall–Kier alpha value is -0.610. The van der Waals surface area contributed by atoms with Crippen molar-refractivity contribution in [3.8, 4) is 0 Å². The molecule has 10 heavy (non-hydrogen) atoms. The molecule has 1 atom stereocenters. The van der Waals surface area contributed by atoms with Crippen molar-refractivity contribution in [2.24, 2.45) is 0 Å². The first-order valence-electron chi connectivity index (χ1n) is 3.24. The van der Waals surface area contributed by atoms with Gasteiger partial charge in [-0.1, -0.05) is 0 Å². The summed E-state index contributed by atoms with van der Waals surface area (Å²) in [6.45, 7) is 0.557. The number of methoxy groups -OCH3 is 1. The lowest BCUT2D eigenvalue weighted by molar-refractivity contribution is -0.142. The van der Waals surface area contributed by atoms with Crippen LogP contribution in [0, 0.1) is 5.21 Å². The van der Waals surface area contributed by atoms with E-state index in [2.05, 4.69) is 4.74 Å². The molecule has 0 aromatic heterocycles. The Kier molecular flexibility index (Phi) is 2.24. The van der Waals surface area contributed by atoms with Gasteiger partial charge in [0.15, 0.2) is 0 Å². The summed E-state index contributed by atoms with van der Waals surface area (Å²) in [6.07, 6.45) is 1.05. The Labute approximate surface area is 59.3 Å². The normalized spacial score (nSPS) is 25.6. The molecule has 1 unspecified atom stereocenters. The minimum absolute atomic E-state index is 0.118. The predicted octanol–water partition coefficient (Wildman–Crippen LogP) is 0.122. The van der Waals surface area contributed by atoms with Crippen molar-refractivity contribution in [1.29, 1.82) is 0 Å². The topological polar surface area (TPSA) is 52.6 Å². The summed E-state index contributed by atoms with van der Waals surface area (Å²) in [5.74, 6) is -0.300. The smallest absolute Gasteiger partial charge is 0.307 e. The van der Waals surface area contributed by atoms with Gasteiger partial charge in [0.05, 0.1) is 13.5 Å². The highest BCUT2D eigenvalue weighted by atomic mass is 16.5. The maximum Gasteiger partial charge on any atom is 0.307 e. The fourth-order valence-corrected chi connectivity index (χ4v) is 0.897. The molecule has 0 spiro atoms. The number of hydroxylamine groups is 2. The fraction of sp³-hybridized carbons (Fsp3) is 0.833. The third kappa shape index (κ3) is 1.46. The molecule has 0 saturated carbocycles. The molecule has 0 aromatic rings. The van der Waals surface area contributed by atoms with E-state index in [1.165, 1.54) is 7.11 Å². The first kappa shape index (κ1) is 7.50. The molecule has 1 saturated heterocycles. The zero-order chi connectivity index (χ0) is 7.56. The van der Waals surface area contributed by atoms with Crippen LogP contribution in [-0.4, -0.2) is 30.7 Å². The monoisotopic (exact) mass is 144 g/mol. The van der Waals surface area contributed by atoms with E-state index >= 15 is 0 Å². The lowest BCUT2D eigenvalue weighted by atomic mass is 10.0. The Morgan fingerprint density at radius 3 is 2.90 bits per heavy atom. The standard InChI is InChI=1S/C6H10NO3/c1-10-6(8)4-5-2-3-7(5)9/h5H,2-4H2,1H3/q-1. The van der Waals surface area contributed by atoms with Gasteiger partial charge in [0.25, 0.3) is 0 Å². The molecule has 1 aliphatic rings. The van der Waals surface area contributed by atoms with Crippen LogP contribution in [0.4, 0.5) is 0 Å². The zero-order valence-electron chi connectivity index (χ0n) is 5.87. The largest absolute Gasteiger partial charge is 0.785 e. The van der Waals surface area contributed by atoms with Gasteiger partial charge in [-0.3, -0.25) is 4.79 Å². The first-order valence-corrected chi connectivity index (χ1v) is 3.24. The maximum atomic E-state index is 10.6. The molecular formula is C6H10NO3-. The Balaban J connectivity index is 2.19. The van der Waals surface area contributed by atoms with Crippen molar-refractivity contribution in [2.75, 3.05) is 13.7 Å². The Bertz CT molecular complexity index is 137. The summed E-state index contributed by atoms with van der Waals surface area (Å²) in [7, 11) is 1.33. The third-order valence-electron chi connectivity index (χ3n) is 1.72. The van der Waals surface area contributed by atoms with Gasteiger partial charge in [0.1, 0.15) is 0 Å². The van der Waals surface area contributed by atoms with Crippen LogP contribution in [0.5, 0.6) is 0 Å². The lowest BCUT2D eigenvalue weighted by Gasteiger charge is -2.46. The number of carbonyl (C=O) groups is 1. The second kappa shape index (κ2) is 2.98. The fourth-order valence-electron chi connectivity index (χ4n) is 0.897. The summed E-state index contributed by atoms with van der Waals surface area (Å²) in [4.78, 5) is 10.6. The number of ether oxygens (including phenoxy) is 1. The quantitative estimate of drug-likeness (QED) is 0.516. The second-order valence-corrected chi connectivity index (χ2v) is 2.36. The predicted molar refractivity (Wildman–Crippen MR) is 35.1 cm³/mol. The minimum Gasteiger partial charge on any atom is -0.785 e. The molecule has 0 radical (unpaired) electrons. The van der Waals surface area contributed by atoms with Crippen LogP contribution in [0.25, 0.3) is 0 Å². The second-order valence-electron chi connectivity index (χ2n) is 2.36. The molecule has 1 fully saturated rings. The molecule has 4 nitrogen and oxygen atoms in total. The van der Waals surface area contributed by atoms with E-state index in [-0.39, 0.29) is 18.4 Å². The van der Waals surface area contributed by atoms with Crippen molar-refractivity contribution >= 4 is 5.97 Å². The van der Waals surface area contributed by atoms with Crippen molar-refractivity contribution in [3.63, 3.8) is 0 Å². The first-order chi connectivity index (χ1) is 4.74. The maximum absolute atomic E-state index is 10.6. The average Bonchev–Trinajstić information content (AvgIpc) is 1.96. The van der Waals surface area contributed by atoms with Crippen LogP contribution in [0.1, 0.15) is 12.8 Å². The van der Waals surface area contributed by atoms with E-state index in [1.807, 2.05) is 0 Å². The van der Waals surface area contributed by atoms with Gasteiger partial charge in [0, 0.05) is 6.04 Å². The van der Waals surface area contributed by atoms with Gasteiger partial charge in [-0.25, -0.2) is 0 Å². The van der Waals surface area contributed by atoms with E-state index in [0.29, 0.717) is 6.54 Å². The number of carbonyl (C=O) groups excluding carboxylic acids is 1. The number of esters is 1. The van der Waals surface area contributed by atoms with Crippen LogP contribution in [-0.2, 0) is 9.53 Å². The van der Waals surface area contributed by atoms with E-state index in [4.69, 9.17) is 0 Å². The molecule has 58 valence electrons. The molecule has 0 aliphatic carbocycles. The lowest BCUT2D eigenvalue weighted by Crippen LogP contribution is -2.44. The minimum atomic E-state index is -0.300. The van der Waals surface area contributed by atoms with Crippen molar-refractivity contribution in [1.82, 2.24) is 5.06 Å². The van der Waals surface area contributed by atoms with Gasteiger partial charge >= 0.3 is 5.97 Å². The molecule has 1 aliphatic heterocycles. The Morgan fingerprint density at radius 1 is 1.90 bits per heavy atom. The van der Waals surface area contributed by atoms with Crippen LogP contribution in [0.3, 0.4) is 0 Å². The summed E-state index contributed by atoms with van der Waals surface area (Å²) in [6, 6.07) is -0.118. The van der Waals surface area contributed by atoms with Gasteiger partial charge < -0.3 is 15.0 Å². The molecule has 0 aromatic carbocycles. The number of nitrogens with zero attached hydrogens (tertiary/aromatic N) is 1. The molecule has 0 amide bonds. The van der Waals surface area contributed by atoms with Crippen LogP contribution >= 0.6 is 0 Å². The van der Waals surface area contributed by atoms with E-state index in [1.54, 1.807) is 0 Å². The van der Waals surface area contributed by atoms with E-state index in [0.717, 1.165) is 11.5 Å². The molecule has 1 rings (SSSR count). The summed E-state index contributed by atoms with van der Waals surface area (Å²) in [5, 5.41) is 11.5. The highest BCUT2D eigenvalue weighted by Crippen LogP contribution is 2.18. The van der Waals surface area contributed by atoms with Crippen molar-refractivity contribution < 1.29 is 9.53 Å². The molecule has 4 heteroatoms. The molecule has 0 bridgehead atoms. The SMILES string of the molecule is COC(=O)CC1CCN1[O-]. The van der Waals surface area contributed by atoms with Crippen LogP contribution < -0.4 is 0 Å². The highest BCUT2D eigenvalue weighted by Gasteiger charge is 2.22. The zero-order valence-corrected chi connectivity index (χ0v) is 5.87. The highest BCUT2D eigenvalue weighted by molar-refractivity contribution is 5.70. The van der Waals surface area contributed by atoms with Crippen molar-refractivity contribution in [3.05, 3.63) is 5.21 Å². The number of hydrogen-bond donors (Lipinski definition) is 0. The molecular weight excluding hydrogens is 134 g/mol.